The average molecular weight is 393 g/mol. The third-order valence-electron chi connectivity index (χ3n) is 5.01. The molecular weight excluding hydrogens is 372 g/mol. The van der Waals surface area contributed by atoms with Crippen LogP contribution in [0.1, 0.15) is 34.1 Å². The van der Waals surface area contributed by atoms with Crippen molar-refractivity contribution in [3.63, 3.8) is 0 Å². The van der Waals surface area contributed by atoms with Gasteiger partial charge in [-0.25, -0.2) is 13.1 Å². The number of nitrogens with zero attached hydrogens (tertiary/aromatic N) is 1. The van der Waals surface area contributed by atoms with Crippen LogP contribution in [0.15, 0.2) is 28.5 Å². The Kier molecular flexibility index (Phi) is 4.38. The molecule has 0 aliphatic carbocycles. The van der Waals surface area contributed by atoms with Gasteiger partial charge in [-0.05, 0) is 60.0 Å². The maximum absolute atomic E-state index is 12.7. The monoisotopic (exact) mass is 392 g/mol. The van der Waals surface area contributed by atoms with Crippen LogP contribution in [0.2, 0.25) is 0 Å². The van der Waals surface area contributed by atoms with Crippen LogP contribution in [0.25, 0.3) is 0 Å². The molecule has 0 saturated heterocycles. The molecular formula is C18H20N2O4S2. The van der Waals surface area contributed by atoms with Crippen molar-refractivity contribution in [1.29, 1.82) is 0 Å². The van der Waals surface area contributed by atoms with Crippen LogP contribution in [-0.4, -0.2) is 32.5 Å². The lowest BCUT2D eigenvalue weighted by molar-refractivity contribution is -0.118. The minimum atomic E-state index is -3.73. The average Bonchev–Trinajstić information content (AvgIpc) is 3.23. The van der Waals surface area contributed by atoms with E-state index in [0.29, 0.717) is 25.8 Å². The minimum absolute atomic E-state index is 0.0687. The molecule has 0 spiro atoms. The van der Waals surface area contributed by atoms with Crippen LogP contribution in [0.3, 0.4) is 0 Å². The number of aliphatic hydroxyl groups excluding tert-OH is 1. The van der Waals surface area contributed by atoms with Crippen molar-refractivity contribution in [3.8, 4) is 0 Å². The molecule has 2 aliphatic rings. The number of hydrogen-bond donors (Lipinski definition) is 2. The molecule has 26 heavy (non-hydrogen) atoms. The van der Waals surface area contributed by atoms with E-state index in [4.69, 9.17) is 0 Å². The van der Waals surface area contributed by atoms with E-state index in [2.05, 4.69) is 4.72 Å². The number of hydrogen-bond acceptors (Lipinski definition) is 5. The summed E-state index contributed by atoms with van der Waals surface area (Å²) in [5.41, 5.74) is 3.67. The highest BCUT2D eigenvalue weighted by Crippen LogP contribution is 2.38. The fraction of sp³-hybridized carbons (Fsp3) is 0.389. The lowest BCUT2D eigenvalue weighted by Crippen LogP contribution is -2.33. The lowest BCUT2D eigenvalue weighted by Gasteiger charge is -2.25. The predicted octanol–water partition coefficient (Wildman–Crippen LogP) is 1.90. The second-order valence-electron chi connectivity index (χ2n) is 6.72. The molecule has 138 valence electrons. The largest absolute Gasteiger partial charge is 0.386 e. The van der Waals surface area contributed by atoms with Crippen molar-refractivity contribution < 1.29 is 18.3 Å². The first-order valence-corrected chi connectivity index (χ1v) is 10.9. The third-order valence-corrected chi connectivity index (χ3v) is 7.53. The van der Waals surface area contributed by atoms with Gasteiger partial charge in [0.15, 0.2) is 0 Å². The van der Waals surface area contributed by atoms with Gasteiger partial charge in [-0.15, -0.1) is 11.3 Å². The molecule has 1 atom stereocenters. The third kappa shape index (κ3) is 2.96. The summed E-state index contributed by atoms with van der Waals surface area (Å²) in [7, 11) is -3.73. The van der Waals surface area contributed by atoms with Crippen LogP contribution in [0.4, 0.5) is 5.69 Å². The normalized spacial score (nSPS) is 17.5. The number of anilines is 1. The van der Waals surface area contributed by atoms with Crippen LogP contribution in [0, 0.1) is 6.92 Å². The molecule has 3 heterocycles. The van der Waals surface area contributed by atoms with Gasteiger partial charge in [0.25, 0.3) is 0 Å². The predicted molar refractivity (Wildman–Crippen MR) is 100 cm³/mol. The van der Waals surface area contributed by atoms with Crippen molar-refractivity contribution in [3.05, 3.63) is 45.1 Å². The van der Waals surface area contributed by atoms with Crippen LogP contribution < -0.4 is 9.62 Å². The van der Waals surface area contributed by atoms with Crippen LogP contribution >= 0.6 is 11.3 Å². The summed E-state index contributed by atoms with van der Waals surface area (Å²) < 4.78 is 28.0. The molecule has 6 nitrogen and oxygen atoms in total. The molecule has 2 N–H and O–H groups in total. The smallest absolute Gasteiger partial charge is 0.240 e. The maximum Gasteiger partial charge on any atom is 0.240 e. The van der Waals surface area contributed by atoms with Gasteiger partial charge in [-0.3, -0.25) is 4.79 Å². The Morgan fingerprint density at radius 2 is 2.00 bits per heavy atom. The fourth-order valence-corrected chi connectivity index (χ4v) is 5.72. The zero-order valence-corrected chi connectivity index (χ0v) is 16.0. The van der Waals surface area contributed by atoms with E-state index in [1.54, 1.807) is 17.0 Å². The van der Waals surface area contributed by atoms with E-state index in [0.717, 1.165) is 27.3 Å². The van der Waals surface area contributed by atoms with E-state index in [1.165, 1.54) is 11.3 Å². The van der Waals surface area contributed by atoms with Gasteiger partial charge in [0.1, 0.15) is 6.10 Å². The second-order valence-corrected chi connectivity index (χ2v) is 9.44. The maximum atomic E-state index is 12.7. The second kappa shape index (κ2) is 6.45. The minimum Gasteiger partial charge on any atom is -0.386 e. The highest BCUT2D eigenvalue weighted by atomic mass is 32.2. The Hall–Kier alpha value is -1.74. The van der Waals surface area contributed by atoms with E-state index in [9.17, 15) is 18.3 Å². The molecule has 1 aromatic carbocycles. The summed E-state index contributed by atoms with van der Waals surface area (Å²) in [5.74, 6) is 0.111. The number of aryl methyl sites for hydroxylation is 2. The number of nitrogens with one attached hydrogen (secondary N) is 1. The Morgan fingerprint density at radius 1 is 1.27 bits per heavy atom. The summed E-state index contributed by atoms with van der Waals surface area (Å²) in [4.78, 5) is 14.7. The van der Waals surface area contributed by atoms with Gasteiger partial charge in [0.2, 0.25) is 15.9 Å². The summed E-state index contributed by atoms with van der Waals surface area (Å²) in [5, 5.41) is 12.1. The van der Waals surface area contributed by atoms with Crippen molar-refractivity contribution >= 4 is 33.0 Å². The first kappa shape index (κ1) is 17.7. The lowest BCUT2D eigenvalue weighted by atomic mass is 10.00. The molecule has 1 aromatic heterocycles. The topological polar surface area (TPSA) is 86.7 Å². The molecule has 2 aromatic rings. The number of rotatable bonds is 5. The van der Waals surface area contributed by atoms with Gasteiger partial charge in [0.05, 0.1) is 10.6 Å². The number of benzene rings is 1. The van der Waals surface area contributed by atoms with Crippen LogP contribution in [-0.2, 0) is 27.7 Å². The molecule has 0 saturated carbocycles. The zero-order valence-electron chi connectivity index (χ0n) is 14.4. The molecule has 0 unspecified atom stereocenters. The highest BCUT2D eigenvalue weighted by molar-refractivity contribution is 7.89. The molecule has 4 rings (SSSR count). The SMILES string of the molecule is Cc1ccsc1[C@H](O)CNS(=O)(=O)c1cc2c3c(c1)CCN3C(=O)CC2. The molecule has 0 radical (unpaired) electrons. The summed E-state index contributed by atoms with van der Waals surface area (Å²) in [6, 6.07) is 5.22. The highest BCUT2D eigenvalue weighted by Gasteiger charge is 2.33. The summed E-state index contributed by atoms with van der Waals surface area (Å²) in [6.07, 6.45) is 0.789. The van der Waals surface area contributed by atoms with Gasteiger partial charge in [-0.2, -0.15) is 0 Å². The zero-order chi connectivity index (χ0) is 18.5. The summed E-state index contributed by atoms with van der Waals surface area (Å²) in [6.45, 7) is 2.44. The Bertz CT molecular complexity index is 981. The number of amides is 1. The summed E-state index contributed by atoms with van der Waals surface area (Å²) >= 11 is 1.41. The number of carbonyl (C=O) groups excluding carboxylic acids is 1. The number of sulfonamides is 1. The van der Waals surface area contributed by atoms with E-state index in [-0.39, 0.29) is 17.3 Å². The molecule has 2 aliphatic heterocycles. The molecule has 0 fully saturated rings. The van der Waals surface area contributed by atoms with Crippen molar-refractivity contribution in [2.75, 3.05) is 18.0 Å². The van der Waals surface area contributed by atoms with Gasteiger partial charge in [0, 0.05) is 24.4 Å². The standard InChI is InChI=1S/C18H20N2O4S2/c1-11-5-7-25-18(11)15(21)10-19-26(23,24)14-8-12-2-3-16(22)20-6-4-13(9-14)17(12)20/h5,7-9,15,19,21H,2-4,6,10H2,1H3/t15-/m1/s1. The van der Waals surface area contributed by atoms with Crippen molar-refractivity contribution in [2.24, 2.45) is 0 Å². The quantitative estimate of drug-likeness (QED) is 0.814. The first-order valence-electron chi connectivity index (χ1n) is 8.55. The number of thiophene rings is 1. The van der Waals surface area contributed by atoms with Gasteiger partial charge in [-0.1, -0.05) is 0 Å². The number of carbonyl (C=O) groups is 1. The molecule has 8 heteroatoms. The Balaban J connectivity index is 1.57. The van der Waals surface area contributed by atoms with E-state index >= 15 is 0 Å². The Morgan fingerprint density at radius 3 is 2.69 bits per heavy atom. The van der Waals surface area contributed by atoms with Crippen LogP contribution in [0.5, 0.6) is 0 Å². The van der Waals surface area contributed by atoms with Gasteiger partial charge < -0.3 is 10.0 Å². The molecule has 1 amide bonds. The van der Waals surface area contributed by atoms with E-state index < -0.39 is 16.1 Å². The first-order chi connectivity index (χ1) is 12.4. The number of aliphatic hydroxyl groups is 1. The van der Waals surface area contributed by atoms with E-state index in [1.807, 2.05) is 18.4 Å². The Labute approximate surface area is 156 Å². The fourth-order valence-electron chi connectivity index (χ4n) is 3.67. The van der Waals surface area contributed by atoms with Crippen molar-refractivity contribution in [1.82, 2.24) is 4.72 Å². The molecule has 0 bridgehead atoms. The van der Waals surface area contributed by atoms with Gasteiger partial charge >= 0.3 is 0 Å². The van der Waals surface area contributed by atoms with Crippen molar-refractivity contribution in [2.45, 2.75) is 37.2 Å².